The summed E-state index contributed by atoms with van der Waals surface area (Å²) >= 11 is 0. The standard InChI is InChI=1S/C15H21N3/c1-10(2)18-9-11(8-17-13-4-5-13)14-7-12(16)3-6-15(14)18/h3,6-7,9-10,13,17H,4-5,8,16H2,1-2H3. The lowest BCUT2D eigenvalue weighted by Crippen LogP contribution is -2.15. The summed E-state index contributed by atoms with van der Waals surface area (Å²) in [7, 11) is 0. The molecule has 0 spiro atoms. The van der Waals surface area contributed by atoms with Crippen LogP contribution in [-0.2, 0) is 6.54 Å². The van der Waals surface area contributed by atoms with Gasteiger partial charge in [-0.05, 0) is 50.5 Å². The fourth-order valence-electron chi connectivity index (χ4n) is 2.45. The number of rotatable bonds is 4. The Balaban J connectivity index is 2.02. The number of hydrogen-bond donors (Lipinski definition) is 2. The Morgan fingerprint density at radius 1 is 1.39 bits per heavy atom. The molecule has 96 valence electrons. The maximum Gasteiger partial charge on any atom is 0.0487 e. The number of anilines is 1. The van der Waals surface area contributed by atoms with E-state index in [2.05, 4.69) is 42.1 Å². The van der Waals surface area contributed by atoms with Gasteiger partial charge in [-0.1, -0.05) is 0 Å². The van der Waals surface area contributed by atoms with Crippen molar-refractivity contribution in [3.63, 3.8) is 0 Å². The van der Waals surface area contributed by atoms with Crippen molar-refractivity contribution < 1.29 is 0 Å². The Kier molecular flexibility index (Phi) is 2.78. The summed E-state index contributed by atoms with van der Waals surface area (Å²) in [6.07, 6.45) is 4.92. The molecule has 1 aliphatic rings. The molecule has 2 aromatic rings. The quantitative estimate of drug-likeness (QED) is 0.810. The van der Waals surface area contributed by atoms with E-state index in [0.717, 1.165) is 18.3 Å². The van der Waals surface area contributed by atoms with Crippen LogP contribution in [0.1, 0.15) is 38.3 Å². The zero-order chi connectivity index (χ0) is 12.7. The fraction of sp³-hybridized carbons (Fsp3) is 0.467. The molecule has 18 heavy (non-hydrogen) atoms. The molecule has 1 heterocycles. The fourth-order valence-corrected chi connectivity index (χ4v) is 2.45. The Bertz CT molecular complexity index is 564. The highest BCUT2D eigenvalue weighted by Gasteiger charge is 2.21. The molecule has 0 aliphatic heterocycles. The second kappa shape index (κ2) is 4.32. The van der Waals surface area contributed by atoms with Crippen LogP contribution in [-0.4, -0.2) is 10.6 Å². The third-order valence-corrected chi connectivity index (χ3v) is 3.65. The van der Waals surface area contributed by atoms with Gasteiger partial charge in [-0.15, -0.1) is 0 Å². The van der Waals surface area contributed by atoms with Crippen molar-refractivity contribution in [1.82, 2.24) is 9.88 Å². The second-order valence-corrected chi connectivity index (χ2v) is 5.59. The average molecular weight is 243 g/mol. The molecule has 1 fully saturated rings. The zero-order valence-corrected chi connectivity index (χ0v) is 11.1. The van der Waals surface area contributed by atoms with Crippen molar-refractivity contribution in [1.29, 1.82) is 0 Å². The Morgan fingerprint density at radius 2 is 2.17 bits per heavy atom. The van der Waals surface area contributed by atoms with Crippen LogP contribution in [0.3, 0.4) is 0 Å². The monoisotopic (exact) mass is 243 g/mol. The molecule has 1 saturated carbocycles. The molecule has 0 saturated heterocycles. The van der Waals surface area contributed by atoms with E-state index in [1.54, 1.807) is 0 Å². The molecular formula is C15H21N3. The summed E-state index contributed by atoms with van der Waals surface area (Å²) < 4.78 is 2.33. The van der Waals surface area contributed by atoms with Crippen LogP contribution >= 0.6 is 0 Å². The Labute approximate surface area is 108 Å². The van der Waals surface area contributed by atoms with Gasteiger partial charge in [0.1, 0.15) is 0 Å². The average Bonchev–Trinajstić information content (AvgIpc) is 3.08. The highest BCUT2D eigenvalue weighted by atomic mass is 15.0. The van der Waals surface area contributed by atoms with E-state index in [0.29, 0.717) is 6.04 Å². The van der Waals surface area contributed by atoms with Crippen LogP contribution in [0.25, 0.3) is 10.9 Å². The van der Waals surface area contributed by atoms with Crippen molar-refractivity contribution in [3.8, 4) is 0 Å². The van der Waals surface area contributed by atoms with Crippen LogP contribution in [0.2, 0.25) is 0 Å². The molecule has 3 rings (SSSR count). The lowest BCUT2D eigenvalue weighted by atomic mass is 10.1. The first kappa shape index (κ1) is 11.6. The highest BCUT2D eigenvalue weighted by molar-refractivity contribution is 5.87. The minimum atomic E-state index is 0.478. The number of benzene rings is 1. The first-order valence-corrected chi connectivity index (χ1v) is 6.77. The summed E-state index contributed by atoms with van der Waals surface area (Å²) in [6, 6.07) is 7.43. The smallest absolute Gasteiger partial charge is 0.0487 e. The summed E-state index contributed by atoms with van der Waals surface area (Å²) in [5.74, 6) is 0. The van der Waals surface area contributed by atoms with Gasteiger partial charge < -0.3 is 15.6 Å². The van der Waals surface area contributed by atoms with Gasteiger partial charge in [-0.25, -0.2) is 0 Å². The van der Waals surface area contributed by atoms with Crippen LogP contribution in [0, 0.1) is 0 Å². The molecule has 0 unspecified atom stereocenters. The largest absolute Gasteiger partial charge is 0.399 e. The van der Waals surface area contributed by atoms with Gasteiger partial charge in [0.2, 0.25) is 0 Å². The number of nitrogens with zero attached hydrogens (tertiary/aromatic N) is 1. The first-order chi connectivity index (χ1) is 8.65. The second-order valence-electron chi connectivity index (χ2n) is 5.59. The van der Waals surface area contributed by atoms with E-state index in [9.17, 15) is 0 Å². The highest BCUT2D eigenvalue weighted by Crippen LogP contribution is 2.27. The third kappa shape index (κ3) is 2.10. The molecule has 3 heteroatoms. The van der Waals surface area contributed by atoms with Crippen LogP contribution < -0.4 is 11.1 Å². The summed E-state index contributed by atoms with van der Waals surface area (Å²) in [6.45, 7) is 5.38. The molecular weight excluding hydrogens is 222 g/mol. The molecule has 0 radical (unpaired) electrons. The Morgan fingerprint density at radius 3 is 2.83 bits per heavy atom. The van der Waals surface area contributed by atoms with Gasteiger partial charge >= 0.3 is 0 Å². The van der Waals surface area contributed by atoms with Crippen molar-refractivity contribution >= 4 is 16.6 Å². The molecule has 1 aromatic heterocycles. The maximum atomic E-state index is 5.92. The van der Waals surface area contributed by atoms with Gasteiger partial charge in [-0.3, -0.25) is 0 Å². The number of hydrogen-bond acceptors (Lipinski definition) is 2. The predicted octanol–water partition coefficient (Wildman–Crippen LogP) is 3.06. The zero-order valence-electron chi connectivity index (χ0n) is 11.1. The van der Waals surface area contributed by atoms with Crippen LogP contribution in [0.5, 0.6) is 0 Å². The summed E-state index contributed by atoms with van der Waals surface area (Å²) in [5, 5.41) is 4.87. The predicted molar refractivity (Wildman–Crippen MR) is 76.6 cm³/mol. The van der Waals surface area contributed by atoms with E-state index in [-0.39, 0.29) is 0 Å². The summed E-state index contributed by atoms with van der Waals surface area (Å²) in [5.41, 5.74) is 9.40. The summed E-state index contributed by atoms with van der Waals surface area (Å²) in [4.78, 5) is 0. The van der Waals surface area contributed by atoms with E-state index in [1.807, 2.05) is 6.07 Å². The number of nitrogens with one attached hydrogen (secondary N) is 1. The SMILES string of the molecule is CC(C)n1cc(CNC2CC2)c2cc(N)ccc21. The van der Waals surface area contributed by atoms with E-state index in [1.165, 1.54) is 29.3 Å². The number of aromatic nitrogens is 1. The maximum absolute atomic E-state index is 5.92. The molecule has 1 aliphatic carbocycles. The lowest BCUT2D eigenvalue weighted by Gasteiger charge is -2.08. The number of fused-ring (bicyclic) bond motifs is 1. The van der Waals surface area contributed by atoms with Gasteiger partial charge in [0, 0.05) is 41.4 Å². The van der Waals surface area contributed by atoms with Gasteiger partial charge in [0.25, 0.3) is 0 Å². The minimum absolute atomic E-state index is 0.478. The van der Waals surface area contributed by atoms with Crippen molar-refractivity contribution in [2.75, 3.05) is 5.73 Å². The molecule has 3 nitrogen and oxygen atoms in total. The van der Waals surface area contributed by atoms with E-state index >= 15 is 0 Å². The third-order valence-electron chi connectivity index (χ3n) is 3.65. The molecule has 3 N–H and O–H groups in total. The van der Waals surface area contributed by atoms with E-state index < -0.39 is 0 Å². The molecule has 1 aromatic carbocycles. The minimum Gasteiger partial charge on any atom is -0.399 e. The van der Waals surface area contributed by atoms with Crippen molar-refractivity contribution in [3.05, 3.63) is 30.0 Å². The van der Waals surface area contributed by atoms with Crippen molar-refractivity contribution in [2.45, 2.75) is 45.3 Å². The van der Waals surface area contributed by atoms with Gasteiger partial charge in [0.15, 0.2) is 0 Å². The molecule has 0 amide bonds. The Hall–Kier alpha value is -1.48. The van der Waals surface area contributed by atoms with Crippen LogP contribution in [0.4, 0.5) is 5.69 Å². The van der Waals surface area contributed by atoms with Crippen LogP contribution in [0.15, 0.2) is 24.4 Å². The lowest BCUT2D eigenvalue weighted by molar-refractivity contribution is 0.616. The first-order valence-electron chi connectivity index (χ1n) is 6.77. The topological polar surface area (TPSA) is 43.0 Å². The molecule has 0 bridgehead atoms. The number of nitrogen functional groups attached to an aromatic ring is 1. The number of nitrogens with two attached hydrogens (primary N) is 1. The van der Waals surface area contributed by atoms with E-state index in [4.69, 9.17) is 5.73 Å². The van der Waals surface area contributed by atoms with Gasteiger partial charge in [0.05, 0.1) is 0 Å². The van der Waals surface area contributed by atoms with Gasteiger partial charge in [-0.2, -0.15) is 0 Å². The normalized spacial score (nSPS) is 15.7. The van der Waals surface area contributed by atoms with Crippen molar-refractivity contribution in [2.24, 2.45) is 0 Å². The molecule has 0 atom stereocenters.